The SMILES string of the molecule is CCOC(=O)[C@H]1CCCN(C(=O)CN(C)c2nn3c(NC(C)(C)C)c(-c4cccc(C)c4)nc3s2)C1. The van der Waals surface area contributed by atoms with Crippen LogP contribution in [-0.4, -0.2) is 70.2 Å². The lowest BCUT2D eigenvalue weighted by Gasteiger charge is -2.32. The number of rotatable bonds is 7. The van der Waals surface area contributed by atoms with Crippen molar-refractivity contribution < 1.29 is 14.3 Å². The molecule has 3 aromatic rings. The van der Waals surface area contributed by atoms with Gasteiger partial charge in [0.25, 0.3) is 0 Å². The van der Waals surface area contributed by atoms with E-state index in [1.165, 1.54) is 16.9 Å². The van der Waals surface area contributed by atoms with Crippen LogP contribution < -0.4 is 10.2 Å². The van der Waals surface area contributed by atoms with Crippen molar-refractivity contribution in [2.24, 2.45) is 5.92 Å². The molecule has 2 aromatic heterocycles. The van der Waals surface area contributed by atoms with Gasteiger partial charge in [0.2, 0.25) is 16.0 Å². The molecule has 1 atom stereocenters. The Kier molecular flexibility index (Phi) is 7.54. The molecule has 10 heteroatoms. The van der Waals surface area contributed by atoms with Crippen molar-refractivity contribution in [2.45, 2.75) is 53.0 Å². The van der Waals surface area contributed by atoms with Crippen molar-refractivity contribution >= 4 is 39.1 Å². The van der Waals surface area contributed by atoms with E-state index in [1.54, 1.807) is 11.8 Å². The van der Waals surface area contributed by atoms with E-state index in [4.69, 9.17) is 14.8 Å². The number of aromatic nitrogens is 3. The molecular weight excluding hydrogens is 476 g/mol. The summed E-state index contributed by atoms with van der Waals surface area (Å²) in [6.07, 6.45) is 1.56. The third-order valence-electron chi connectivity index (χ3n) is 6.07. The maximum absolute atomic E-state index is 13.1. The number of imidazole rings is 1. The van der Waals surface area contributed by atoms with Gasteiger partial charge in [-0.05, 0) is 53.5 Å². The number of likely N-dealkylation sites (N-methyl/N-ethyl adjacent to an activating group) is 1. The van der Waals surface area contributed by atoms with Crippen LogP contribution in [-0.2, 0) is 14.3 Å². The second kappa shape index (κ2) is 10.5. The van der Waals surface area contributed by atoms with Gasteiger partial charge in [-0.3, -0.25) is 9.59 Å². The van der Waals surface area contributed by atoms with Crippen molar-refractivity contribution in [3.63, 3.8) is 0 Å². The molecule has 1 fully saturated rings. The van der Waals surface area contributed by atoms with E-state index in [2.05, 4.69) is 51.2 Å². The van der Waals surface area contributed by atoms with Gasteiger partial charge in [0.1, 0.15) is 5.69 Å². The number of nitrogens with zero attached hydrogens (tertiary/aromatic N) is 5. The summed E-state index contributed by atoms with van der Waals surface area (Å²) in [7, 11) is 1.86. The van der Waals surface area contributed by atoms with Crippen LogP contribution in [0.25, 0.3) is 16.2 Å². The van der Waals surface area contributed by atoms with Gasteiger partial charge in [0.15, 0.2) is 5.82 Å². The molecule has 9 nitrogen and oxygen atoms in total. The monoisotopic (exact) mass is 512 g/mol. The van der Waals surface area contributed by atoms with Gasteiger partial charge in [-0.25, -0.2) is 4.98 Å². The molecule has 1 N–H and O–H groups in total. The van der Waals surface area contributed by atoms with Crippen LogP contribution in [0.3, 0.4) is 0 Å². The molecule has 0 unspecified atom stereocenters. The molecule has 1 aliphatic rings. The van der Waals surface area contributed by atoms with Crippen molar-refractivity contribution in [1.29, 1.82) is 0 Å². The van der Waals surface area contributed by atoms with Crippen LogP contribution in [0.1, 0.15) is 46.1 Å². The van der Waals surface area contributed by atoms with E-state index >= 15 is 0 Å². The first-order chi connectivity index (χ1) is 17.1. The number of amides is 1. The fourth-order valence-electron chi connectivity index (χ4n) is 4.38. The molecule has 0 radical (unpaired) electrons. The number of hydrogen-bond donors (Lipinski definition) is 1. The number of nitrogens with one attached hydrogen (secondary N) is 1. The van der Waals surface area contributed by atoms with Crippen LogP contribution in [0.2, 0.25) is 0 Å². The highest BCUT2D eigenvalue weighted by Crippen LogP contribution is 2.35. The highest BCUT2D eigenvalue weighted by Gasteiger charge is 2.30. The molecule has 0 bridgehead atoms. The molecule has 1 amide bonds. The number of benzene rings is 1. The van der Waals surface area contributed by atoms with E-state index in [-0.39, 0.29) is 29.9 Å². The number of esters is 1. The number of aryl methyl sites for hydroxylation is 1. The molecule has 1 aliphatic heterocycles. The van der Waals surface area contributed by atoms with Crippen LogP contribution >= 0.6 is 11.3 Å². The zero-order valence-electron chi connectivity index (χ0n) is 22.0. The summed E-state index contributed by atoms with van der Waals surface area (Å²) in [6, 6.07) is 8.28. The Bertz CT molecular complexity index is 1240. The van der Waals surface area contributed by atoms with Gasteiger partial charge in [-0.2, -0.15) is 4.52 Å². The fraction of sp³-hybridized carbons (Fsp3) is 0.538. The number of hydrogen-bond acceptors (Lipinski definition) is 8. The maximum atomic E-state index is 13.1. The summed E-state index contributed by atoms with van der Waals surface area (Å²) in [4.78, 5) is 34.5. The summed E-state index contributed by atoms with van der Waals surface area (Å²) in [6.45, 7) is 11.8. The first kappa shape index (κ1) is 25.9. The van der Waals surface area contributed by atoms with Crippen LogP contribution in [0, 0.1) is 12.8 Å². The first-order valence-corrected chi connectivity index (χ1v) is 13.3. The van der Waals surface area contributed by atoms with Crippen molar-refractivity contribution in [3.8, 4) is 11.3 Å². The number of carbonyl (C=O) groups is 2. The lowest BCUT2D eigenvalue weighted by atomic mass is 9.98. The topological polar surface area (TPSA) is 92.1 Å². The van der Waals surface area contributed by atoms with Gasteiger partial charge in [-0.15, -0.1) is 5.10 Å². The largest absolute Gasteiger partial charge is 0.466 e. The first-order valence-electron chi connectivity index (χ1n) is 12.5. The lowest BCUT2D eigenvalue weighted by Crippen LogP contribution is -2.46. The summed E-state index contributed by atoms with van der Waals surface area (Å²) in [5.41, 5.74) is 2.87. The molecule has 0 aliphatic carbocycles. The quantitative estimate of drug-likeness (QED) is 0.474. The fourth-order valence-corrected chi connectivity index (χ4v) is 5.24. The van der Waals surface area contributed by atoms with E-state index in [1.807, 2.05) is 22.5 Å². The Labute approximate surface area is 216 Å². The molecule has 1 saturated heterocycles. The lowest BCUT2D eigenvalue weighted by molar-refractivity contribution is -0.151. The molecule has 0 saturated carbocycles. The number of likely N-dealkylation sites (tertiary alicyclic amines) is 1. The average molecular weight is 513 g/mol. The minimum Gasteiger partial charge on any atom is -0.466 e. The molecule has 36 heavy (non-hydrogen) atoms. The van der Waals surface area contributed by atoms with Crippen LogP contribution in [0.4, 0.5) is 10.9 Å². The molecule has 194 valence electrons. The minimum absolute atomic E-state index is 0.0205. The maximum Gasteiger partial charge on any atom is 0.310 e. The molecule has 3 heterocycles. The van der Waals surface area contributed by atoms with Crippen molar-refractivity contribution in [2.75, 3.05) is 43.5 Å². The highest BCUT2D eigenvalue weighted by molar-refractivity contribution is 7.20. The standard InChI is InChI=1S/C26H36N6O3S/c1-7-35-23(34)19-12-9-13-31(15-19)20(33)16-30(6)25-29-32-22(28-26(3,4)5)21(27-24(32)36-25)18-11-8-10-17(2)14-18/h8,10-11,14,19,28H,7,9,12-13,15-16H2,1-6H3/t19-/m0/s1. The zero-order chi connectivity index (χ0) is 26.0. The molecular formula is C26H36N6O3S. The van der Waals surface area contributed by atoms with E-state index in [0.717, 1.165) is 34.9 Å². The Hall–Kier alpha value is -3.14. The van der Waals surface area contributed by atoms with Crippen molar-refractivity contribution in [1.82, 2.24) is 19.5 Å². The second-order valence-corrected chi connectivity index (χ2v) is 11.4. The second-order valence-electron chi connectivity index (χ2n) is 10.4. The average Bonchev–Trinajstić information content (AvgIpc) is 3.38. The molecule has 1 aromatic carbocycles. The smallest absolute Gasteiger partial charge is 0.310 e. The number of carbonyl (C=O) groups excluding carboxylic acids is 2. The Balaban J connectivity index is 1.54. The normalized spacial score (nSPS) is 16.3. The van der Waals surface area contributed by atoms with Crippen LogP contribution in [0.5, 0.6) is 0 Å². The predicted octanol–water partition coefficient (Wildman–Crippen LogP) is 4.21. The minimum atomic E-state index is -0.248. The number of anilines is 2. The zero-order valence-corrected chi connectivity index (χ0v) is 22.8. The predicted molar refractivity (Wildman–Crippen MR) is 144 cm³/mol. The van der Waals surface area contributed by atoms with E-state index in [0.29, 0.717) is 24.8 Å². The highest BCUT2D eigenvalue weighted by atomic mass is 32.1. The van der Waals surface area contributed by atoms with Gasteiger partial charge in [-0.1, -0.05) is 35.1 Å². The Morgan fingerprint density at radius 3 is 2.78 bits per heavy atom. The van der Waals surface area contributed by atoms with Gasteiger partial charge in [0, 0.05) is 31.2 Å². The van der Waals surface area contributed by atoms with Gasteiger partial charge in [0.05, 0.1) is 19.1 Å². The van der Waals surface area contributed by atoms with E-state index in [9.17, 15) is 9.59 Å². The molecule has 0 spiro atoms. The Morgan fingerprint density at radius 1 is 1.31 bits per heavy atom. The van der Waals surface area contributed by atoms with Gasteiger partial charge < -0.3 is 19.9 Å². The summed E-state index contributed by atoms with van der Waals surface area (Å²) >= 11 is 1.45. The number of fused-ring (bicyclic) bond motifs is 1. The van der Waals surface area contributed by atoms with Crippen LogP contribution in [0.15, 0.2) is 24.3 Å². The summed E-state index contributed by atoms with van der Waals surface area (Å²) in [5, 5.41) is 9.10. The Morgan fingerprint density at radius 2 is 2.08 bits per heavy atom. The third-order valence-corrected chi connectivity index (χ3v) is 7.09. The van der Waals surface area contributed by atoms with E-state index < -0.39 is 0 Å². The summed E-state index contributed by atoms with van der Waals surface area (Å²) < 4.78 is 7.00. The number of ether oxygens (including phenoxy) is 1. The summed E-state index contributed by atoms with van der Waals surface area (Å²) in [5.74, 6) is 0.349. The van der Waals surface area contributed by atoms with Crippen molar-refractivity contribution in [3.05, 3.63) is 29.8 Å². The van der Waals surface area contributed by atoms with Gasteiger partial charge >= 0.3 is 5.97 Å². The third kappa shape index (κ3) is 5.80. The molecule has 4 rings (SSSR count). The number of piperidine rings is 1.